The van der Waals surface area contributed by atoms with Gasteiger partial charge in [-0.25, -0.2) is 5.10 Å². The quantitative estimate of drug-likeness (QED) is 0.609. The van der Waals surface area contributed by atoms with Gasteiger partial charge in [-0.15, -0.1) is 0 Å². The van der Waals surface area contributed by atoms with E-state index in [1.807, 2.05) is 31.2 Å². The molecule has 0 bridgehead atoms. The highest BCUT2D eigenvalue weighted by Crippen LogP contribution is 2.32. The van der Waals surface area contributed by atoms with Gasteiger partial charge < -0.3 is 0 Å². The lowest BCUT2D eigenvalue weighted by Crippen LogP contribution is -2.09. The molecule has 4 nitrogen and oxygen atoms in total. The van der Waals surface area contributed by atoms with Gasteiger partial charge in [-0.1, -0.05) is 36.4 Å². The molecule has 0 fully saturated rings. The molecule has 0 unspecified atom stereocenters. The molecule has 0 radical (unpaired) electrons. The van der Waals surface area contributed by atoms with Crippen molar-refractivity contribution in [1.82, 2.24) is 15.2 Å². The molecule has 0 amide bonds. The van der Waals surface area contributed by atoms with Crippen LogP contribution in [0.2, 0.25) is 0 Å². The highest BCUT2D eigenvalue weighted by atomic mass is 16.1. The SMILES string of the molecule is Cc1cnccc1-c1cc(=O)[nH]nc1-c1ccc2ccccc2c1. The molecular formula is C20H15N3O. The summed E-state index contributed by atoms with van der Waals surface area (Å²) in [4.78, 5) is 16.0. The summed E-state index contributed by atoms with van der Waals surface area (Å²) in [5, 5.41) is 9.18. The van der Waals surface area contributed by atoms with Crippen molar-refractivity contribution < 1.29 is 0 Å². The van der Waals surface area contributed by atoms with Gasteiger partial charge in [0.15, 0.2) is 0 Å². The van der Waals surface area contributed by atoms with Crippen LogP contribution in [-0.4, -0.2) is 15.2 Å². The summed E-state index contributed by atoms with van der Waals surface area (Å²) in [5.41, 5.74) is 4.30. The molecule has 0 atom stereocenters. The third-order valence-electron chi connectivity index (χ3n) is 4.14. The molecular weight excluding hydrogens is 298 g/mol. The Bertz CT molecular complexity index is 1100. The zero-order valence-corrected chi connectivity index (χ0v) is 13.2. The fourth-order valence-electron chi connectivity index (χ4n) is 2.94. The van der Waals surface area contributed by atoms with E-state index in [2.05, 4.69) is 39.4 Å². The summed E-state index contributed by atoms with van der Waals surface area (Å²) >= 11 is 0. The Labute approximate surface area is 138 Å². The van der Waals surface area contributed by atoms with Gasteiger partial charge in [-0.2, -0.15) is 5.10 Å². The minimum atomic E-state index is -0.217. The number of pyridine rings is 1. The van der Waals surface area contributed by atoms with Crippen LogP contribution in [0.5, 0.6) is 0 Å². The van der Waals surface area contributed by atoms with Crippen molar-refractivity contribution >= 4 is 10.8 Å². The lowest BCUT2D eigenvalue weighted by Gasteiger charge is -2.11. The average Bonchev–Trinajstić information content (AvgIpc) is 2.62. The first-order valence-electron chi connectivity index (χ1n) is 7.72. The number of fused-ring (bicyclic) bond motifs is 1. The molecule has 0 saturated carbocycles. The van der Waals surface area contributed by atoms with Gasteiger partial charge in [0.2, 0.25) is 0 Å². The van der Waals surface area contributed by atoms with Gasteiger partial charge in [0.1, 0.15) is 0 Å². The van der Waals surface area contributed by atoms with Crippen LogP contribution in [0.4, 0.5) is 0 Å². The van der Waals surface area contributed by atoms with E-state index in [1.54, 1.807) is 18.5 Å². The van der Waals surface area contributed by atoms with Crippen molar-refractivity contribution in [2.75, 3.05) is 0 Å². The number of rotatable bonds is 2. The highest BCUT2D eigenvalue weighted by molar-refractivity contribution is 5.90. The van der Waals surface area contributed by atoms with Crippen LogP contribution in [0.25, 0.3) is 33.2 Å². The first kappa shape index (κ1) is 14.3. The van der Waals surface area contributed by atoms with Crippen LogP contribution in [-0.2, 0) is 0 Å². The van der Waals surface area contributed by atoms with Gasteiger partial charge >= 0.3 is 0 Å². The number of nitrogens with zero attached hydrogens (tertiary/aromatic N) is 2. The van der Waals surface area contributed by atoms with E-state index in [9.17, 15) is 4.79 Å². The topological polar surface area (TPSA) is 58.6 Å². The Morgan fingerprint density at radius 1 is 0.917 bits per heavy atom. The first-order valence-corrected chi connectivity index (χ1v) is 7.72. The molecule has 4 heteroatoms. The fourth-order valence-corrected chi connectivity index (χ4v) is 2.94. The molecule has 2 heterocycles. The number of hydrogen-bond acceptors (Lipinski definition) is 3. The Kier molecular flexibility index (Phi) is 3.43. The van der Waals surface area contributed by atoms with Crippen LogP contribution in [0.1, 0.15) is 5.56 Å². The summed E-state index contributed by atoms with van der Waals surface area (Å²) in [7, 11) is 0. The lowest BCUT2D eigenvalue weighted by atomic mass is 9.96. The molecule has 116 valence electrons. The summed E-state index contributed by atoms with van der Waals surface area (Å²) < 4.78 is 0. The van der Waals surface area contributed by atoms with Crippen molar-refractivity contribution in [3.05, 3.63) is 82.9 Å². The predicted molar refractivity (Wildman–Crippen MR) is 95.8 cm³/mol. The molecule has 2 aromatic heterocycles. The smallest absolute Gasteiger partial charge is 0.264 e. The average molecular weight is 313 g/mol. The molecule has 0 spiro atoms. The number of aryl methyl sites for hydroxylation is 1. The van der Waals surface area contributed by atoms with E-state index >= 15 is 0 Å². The number of aromatic amines is 1. The maximum Gasteiger partial charge on any atom is 0.264 e. The Hall–Kier alpha value is -3.27. The van der Waals surface area contributed by atoms with E-state index < -0.39 is 0 Å². The van der Waals surface area contributed by atoms with E-state index in [0.717, 1.165) is 33.3 Å². The van der Waals surface area contributed by atoms with Gasteiger partial charge in [-0.05, 0) is 41.0 Å². The number of benzene rings is 2. The molecule has 0 aliphatic carbocycles. The summed E-state index contributed by atoms with van der Waals surface area (Å²) in [6.45, 7) is 1.98. The van der Waals surface area contributed by atoms with E-state index in [0.29, 0.717) is 0 Å². The maximum atomic E-state index is 11.8. The van der Waals surface area contributed by atoms with E-state index in [4.69, 9.17) is 0 Å². The minimum Gasteiger partial charge on any atom is -0.268 e. The molecule has 1 N–H and O–H groups in total. The fraction of sp³-hybridized carbons (Fsp3) is 0.0500. The van der Waals surface area contributed by atoms with Crippen LogP contribution < -0.4 is 5.56 Å². The monoisotopic (exact) mass is 313 g/mol. The lowest BCUT2D eigenvalue weighted by molar-refractivity contribution is 0.997. The molecule has 0 saturated heterocycles. The van der Waals surface area contributed by atoms with Crippen LogP contribution >= 0.6 is 0 Å². The van der Waals surface area contributed by atoms with Crippen molar-refractivity contribution in [3.63, 3.8) is 0 Å². The number of aromatic nitrogens is 3. The Morgan fingerprint density at radius 3 is 2.58 bits per heavy atom. The molecule has 4 rings (SSSR count). The van der Waals surface area contributed by atoms with Crippen molar-refractivity contribution in [2.24, 2.45) is 0 Å². The van der Waals surface area contributed by atoms with Crippen molar-refractivity contribution in [1.29, 1.82) is 0 Å². The van der Waals surface area contributed by atoms with Gasteiger partial charge in [-0.3, -0.25) is 9.78 Å². The number of nitrogens with one attached hydrogen (secondary N) is 1. The van der Waals surface area contributed by atoms with Gasteiger partial charge in [0.05, 0.1) is 5.69 Å². The van der Waals surface area contributed by atoms with Crippen LogP contribution in [0.3, 0.4) is 0 Å². The maximum absolute atomic E-state index is 11.8. The largest absolute Gasteiger partial charge is 0.268 e. The summed E-state index contributed by atoms with van der Waals surface area (Å²) in [6, 6.07) is 17.9. The molecule has 0 aliphatic heterocycles. The van der Waals surface area contributed by atoms with E-state index in [-0.39, 0.29) is 5.56 Å². The molecule has 4 aromatic rings. The standard InChI is InChI=1S/C20H15N3O/c1-13-12-21-9-8-17(13)18-11-19(24)22-23-20(18)16-7-6-14-4-2-3-5-15(14)10-16/h2-12H,1H3,(H,22,24). The van der Waals surface area contributed by atoms with Crippen LogP contribution in [0.15, 0.2) is 71.8 Å². The second kappa shape index (κ2) is 5.74. The third kappa shape index (κ3) is 2.48. The second-order valence-electron chi connectivity index (χ2n) is 5.75. The van der Waals surface area contributed by atoms with Gasteiger partial charge in [0.25, 0.3) is 5.56 Å². The number of hydrogen-bond donors (Lipinski definition) is 1. The molecule has 2 aromatic carbocycles. The van der Waals surface area contributed by atoms with Crippen molar-refractivity contribution in [3.8, 4) is 22.4 Å². The van der Waals surface area contributed by atoms with Crippen molar-refractivity contribution in [2.45, 2.75) is 6.92 Å². The normalized spacial score (nSPS) is 10.9. The number of H-pyrrole nitrogens is 1. The highest BCUT2D eigenvalue weighted by Gasteiger charge is 2.12. The molecule has 24 heavy (non-hydrogen) atoms. The third-order valence-corrected chi connectivity index (χ3v) is 4.14. The molecule has 0 aliphatic rings. The zero-order valence-electron chi connectivity index (χ0n) is 13.2. The van der Waals surface area contributed by atoms with Crippen LogP contribution in [0, 0.1) is 6.92 Å². The Balaban J connectivity index is 1.98. The van der Waals surface area contributed by atoms with E-state index in [1.165, 1.54) is 5.39 Å². The van der Waals surface area contributed by atoms with Gasteiger partial charge in [0, 0.05) is 29.6 Å². The first-order chi connectivity index (χ1) is 11.7. The zero-order chi connectivity index (χ0) is 16.5. The Morgan fingerprint density at radius 2 is 1.75 bits per heavy atom. The predicted octanol–water partition coefficient (Wildman–Crippen LogP) is 3.96. The summed E-state index contributed by atoms with van der Waals surface area (Å²) in [5.74, 6) is 0. The minimum absolute atomic E-state index is 0.217. The summed E-state index contributed by atoms with van der Waals surface area (Å²) in [6.07, 6.45) is 3.52. The second-order valence-corrected chi connectivity index (χ2v) is 5.75.